The van der Waals surface area contributed by atoms with Crippen molar-refractivity contribution < 1.29 is 8.42 Å². The normalized spacial score (nSPS) is 21.5. The molecule has 0 aliphatic carbocycles. The van der Waals surface area contributed by atoms with Crippen LogP contribution in [0, 0.1) is 6.92 Å². The summed E-state index contributed by atoms with van der Waals surface area (Å²) in [4.78, 5) is 5.14. The molecular formula is C19H30N4O2S. The lowest BCUT2D eigenvalue weighted by Crippen LogP contribution is -2.66. The molecule has 6 nitrogen and oxygen atoms in total. The molecule has 1 spiro atoms. The summed E-state index contributed by atoms with van der Waals surface area (Å²) >= 11 is 0. The van der Waals surface area contributed by atoms with Gasteiger partial charge >= 0.3 is 0 Å². The molecule has 3 rings (SSSR count). The van der Waals surface area contributed by atoms with Crippen LogP contribution in [0.4, 0.5) is 0 Å². The minimum atomic E-state index is -3.46. The van der Waals surface area contributed by atoms with E-state index in [9.17, 15) is 8.42 Å². The molecule has 0 saturated carbocycles. The molecule has 1 saturated heterocycles. The molecule has 0 amide bonds. The fraction of sp³-hybridized carbons (Fsp3) is 0.632. The van der Waals surface area contributed by atoms with Crippen molar-refractivity contribution in [3.8, 4) is 0 Å². The lowest BCUT2D eigenvalue weighted by molar-refractivity contribution is 0.238. The Morgan fingerprint density at radius 3 is 2.46 bits per heavy atom. The summed E-state index contributed by atoms with van der Waals surface area (Å²) in [5, 5.41) is 7.15. The highest BCUT2D eigenvalue weighted by Crippen LogP contribution is 2.30. The molecule has 0 bridgehead atoms. The van der Waals surface area contributed by atoms with Gasteiger partial charge in [0.05, 0.1) is 17.0 Å². The zero-order valence-corrected chi connectivity index (χ0v) is 17.0. The van der Waals surface area contributed by atoms with Gasteiger partial charge in [0.15, 0.2) is 0 Å². The maximum absolute atomic E-state index is 13.0. The van der Waals surface area contributed by atoms with Gasteiger partial charge in [-0.2, -0.15) is 4.31 Å². The predicted molar refractivity (Wildman–Crippen MR) is 105 cm³/mol. The minimum Gasteiger partial charge on any atom is -0.368 e. The monoisotopic (exact) mass is 378 g/mol. The number of piperidine rings is 1. The molecule has 2 aliphatic heterocycles. The number of aryl methyl sites for hydroxylation is 1. The molecule has 2 N–H and O–H groups in total. The van der Waals surface area contributed by atoms with E-state index < -0.39 is 10.0 Å². The van der Waals surface area contributed by atoms with Gasteiger partial charge in [-0.05, 0) is 52.2 Å². The maximum Gasteiger partial charge on any atom is 0.243 e. The van der Waals surface area contributed by atoms with Crippen molar-refractivity contribution in [2.75, 3.05) is 26.2 Å². The summed E-state index contributed by atoms with van der Waals surface area (Å²) in [5.74, 6) is 0.976. The zero-order chi connectivity index (χ0) is 19.0. The molecule has 144 valence electrons. The van der Waals surface area contributed by atoms with Crippen molar-refractivity contribution in [2.24, 2.45) is 4.99 Å². The minimum absolute atomic E-state index is 0.0742. The Hall–Kier alpha value is -1.44. The van der Waals surface area contributed by atoms with Crippen LogP contribution >= 0.6 is 0 Å². The molecule has 2 aliphatic rings. The predicted octanol–water partition coefficient (Wildman–Crippen LogP) is 1.91. The number of rotatable bonds is 2. The molecule has 1 fully saturated rings. The average molecular weight is 379 g/mol. The van der Waals surface area contributed by atoms with Crippen LogP contribution in [0.3, 0.4) is 0 Å². The van der Waals surface area contributed by atoms with E-state index in [0.717, 1.165) is 37.3 Å². The standard InChI is InChI=1S/C19H30N4O2S/c1-15-7-5-6-8-16(15)26(24,25)23-13-9-19(10-14-23)17(20-11-12-21-19)22-18(2,3)4/h5-8,21H,9-14H2,1-4H3,(H,20,22). The van der Waals surface area contributed by atoms with Gasteiger partial charge in [0.2, 0.25) is 10.0 Å². The third-order valence-electron chi connectivity index (χ3n) is 5.08. The van der Waals surface area contributed by atoms with Gasteiger partial charge in [0, 0.05) is 25.2 Å². The molecule has 0 unspecified atom stereocenters. The SMILES string of the molecule is Cc1ccccc1S(=O)(=O)N1CCC2(CC1)NCCN=C2NC(C)(C)C. The second-order valence-electron chi connectivity index (χ2n) is 8.28. The number of hydrogen-bond acceptors (Lipinski definition) is 5. The molecule has 0 aromatic heterocycles. The summed E-state index contributed by atoms with van der Waals surface area (Å²) in [6.07, 6.45) is 1.44. The van der Waals surface area contributed by atoms with Crippen LogP contribution in [0.15, 0.2) is 34.2 Å². The highest BCUT2D eigenvalue weighted by Gasteiger charge is 2.44. The Kier molecular flexibility index (Phi) is 5.16. The maximum atomic E-state index is 13.0. The van der Waals surface area contributed by atoms with Gasteiger partial charge in [0.25, 0.3) is 0 Å². The van der Waals surface area contributed by atoms with Crippen LogP contribution in [0.1, 0.15) is 39.2 Å². The molecule has 0 radical (unpaired) electrons. The molecule has 26 heavy (non-hydrogen) atoms. The van der Waals surface area contributed by atoms with Crippen LogP contribution in [0.2, 0.25) is 0 Å². The average Bonchev–Trinajstić information content (AvgIpc) is 2.57. The summed E-state index contributed by atoms with van der Waals surface area (Å²) < 4.78 is 27.7. The number of aliphatic imine (C=N–C) groups is 1. The molecule has 0 atom stereocenters. The number of hydrogen-bond donors (Lipinski definition) is 2. The summed E-state index contributed by atoms with van der Waals surface area (Å²) in [5.41, 5.74) is 0.471. The zero-order valence-electron chi connectivity index (χ0n) is 16.2. The van der Waals surface area contributed by atoms with E-state index in [0.29, 0.717) is 18.0 Å². The summed E-state index contributed by atoms with van der Waals surface area (Å²) in [6.45, 7) is 10.8. The fourth-order valence-corrected chi connectivity index (χ4v) is 5.39. The first-order valence-corrected chi connectivity index (χ1v) is 10.7. The highest BCUT2D eigenvalue weighted by atomic mass is 32.2. The molecule has 1 aromatic carbocycles. The quantitative estimate of drug-likeness (QED) is 0.824. The fourth-order valence-electron chi connectivity index (χ4n) is 3.72. The molecule has 1 aromatic rings. The van der Waals surface area contributed by atoms with Gasteiger partial charge in [-0.3, -0.25) is 4.99 Å². The second-order valence-corrected chi connectivity index (χ2v) is 10.2. The van der Waals surface area contributed by atoms with Gasteiger partial charge in [-0.15, -0.1) is 0 Å². The Morgan fingerprint density at radius 1 is 1.19 bits per heavy atom. The van der Waals surface area contributed by atoms with E-state index in [2.05, 4.69) is 31.4 Å². The number of nitrogens with one attached hydrogen (secondary N) is 2. The number of amidine groups is 1. The van der Waals surface area contributed by atoms with Crippen LogP contribution in [0.5, 0.6) is 0 Å². The Morgan fingerprint density at radius 2 is 1.85 bits per heavy atom. The smallest absolute Gasteiger partial charge is 0.243 e. The Labute approximate surface area is 157 Å². The van der Waals surface area contributed by atoms with Crippen LogP contribution in [-0.4, -0.2) is 55.8 Å². The van der Waals surface area contributed by atoms with Crippen LogP contribution in [0.25, 0.3) is 0 Å². The van der Waals surface area contributed by atoms with Gasteiger partial charge in [-0.1, -0.05) is 18.2 Å². The Balaban J connectivity index is 1.79. The first-order valence-electron chi connectivity index (χ1n) is 9.28. The first-order chi connectivity index (χ1) is 12.1. The molecular weight excluding hydrogens is 348 g/mol. The highest BCUT2D eigenvalue weighted by molar-refractivity contribution is 7.89. The van der Waals surface area contributed by atoms with Crippen molar-refractivity contribution in [3.63, 3.8) is 0 Å². The van der Waals surface area contributed by atoms with Gasteiger partial charge < -0.3 is 10.6 Å². The van der Waals surface area contributed by atoms with Crippen LogP contribution < -0.4 is 10.6 Å². The lowest BCUT2D eigenvalue weighted by Gasteiger charge is -2.46. The van der Waals surface area contributed by atoms with E-state index in [1.807, 2.05) is 19.1 Å². The van der Waals surface area contributed by atoms with Crippen molar-refractivity contribution in [3.05, 3.63) is 29.8 Å². The van der Waals surface area contributed by atoms with E-state index in [1.54, 1.807) is 16.4 Å². The van der Waals surface area contributed by atoms with Crippen LogP contribution in [-0.2, 0) is 10.0 Å². The van der Waals surface area contributed by atoms with Crippen molar-refractivity contribution in [2.45, 2.75) is 56.5 Å². The van der Waals surface area contributed by atoms with Gasteiger partial charge in [-0.25, -0.2) is 8.42 Å². The summed E-state index contributed by atoms with van der Waals surface area (Å²) in [7, 11) is -3.46. The molecule has 2 heterocycles. The first kappa shape index (κ1) is 19.3. The third kappa shape index (κ3) is 3.80. The lowest BCUT2D eigenvalue weighted by atomic mass is 9.85. The van der Waals surface area contributed by atoms with Crippen molar-refractivity contribution in [1.29, 1.82) is 0 Å². The topological polar surface area (TPSA) is 73.8 Å². The van der Waals surface area contributed by atoms with E-state index >= 15 is 0 Å². The third-order valence-corrected chi connectivity index (χ3v) is 7.14. The summed E-state index contributed by atoms with van der Waals surface area (Å²) in [6, 6.07) is 7.19. The van der Waals surface area contributed by atoms with E-state index in [-0.39, 0.29) is 11.1 Å². The van der Waals surface area contributed by atoms with Crippen molar-refractivity contribution >= 4 is 15.9 Å². The number of sulfonamides is 1. The van der Waals surface area contributed by atoms with Gasteiger partial charge in [0.1, 0.15) is 5.84 Å². The second kappa shape index (κ2) is 6.94. The molecule has 7 heteroatoms. The number of nitrogens with zero attached hydrogens (tertiary/aromatic N) is 2. The largest absolute Gasteiger partial charge is 0.368 e. The number of benzene rings is 1. The van der Waals surface area contributed by atoms with E-state index in [1.165, 1.54) is 0 Å². The van der Waals surface area contributed by atoms with Crippen molar-refractivity contribution in [1.82, 2.24) is 14.9 Å². The van der Waals surface area contributed by atoms with E-state index in [4.69, 9.17) is 4.99 Å². The Bertz CT molecular complexity index is 788.